The summed E-state index contributed by atoms with van der Waals surface area (Å²) in [6, 6.07) is 7.46. The number of H-pyrrole nitrogens is 1. The van der Waals surface area contributed by atoms with Crippen LogP contribution in [0, 0.1) is 13.8 Å². The van der Waals surface area contributed by atoms with Crippen LogP contribution in [0.5, 0.6) is 0 Å². The Balaban J connectivity index is 2.11. The maximum absolute atomic E-state index is 12.7. The summed E-state index contributed by atoms with van der Waals surface area (Å²) >= 11 is 3.03. The molecule has 0 spiro atoms. The highest BCUT2D eigenvalue weighted by atomic mass is 32.2. The molecule has 1 aromatic heterocycles. The van der Waals surface area contributed by atoms with E-state index in [0.29, 0.717) is 22.6 Å². The second kappa shape index (κ2) is 9.99. The van der Waals surface area contributed by atoms with E-state index in [1.54, 1.807) is 11.8 Å². The van der Waals surface area contributed by atoms with E-state index in [2.05, 4.69) is 29.1 Å². The van der Waals surface area contributed by atoms with Crippen molar-refractivity contribution in [3.63, 3.8) is 0 Å². The molecule has 1 amide bonds. The number of benzene rings is 1. The Morgan fingerprint density at radius 2 is 2.00 bits per heavy atom. The fourth-order valence-corrected chi connectivity index (χ4v) is 4.07. The average Bonchev–Trinajstić information content (AvgIpc) is 2.59. The summed E-state index contributed by atoms with van der Waals surface area (Å²) in [5, 5.41) is 3.62. The lowest BCUT2D eigenvalue weighted by atomic mass is 10.1. The third kappa shape index (κ3) is 6.74. The van der Waals surface area contributed by atoms with Crippen molar-refractivity contribution >= 4 is 35.1 Å². The monoisotopic (exact) mass is 405 g/mol. The third-order valence-corrected chi connectivity index (χ3v) is 6.27. The average molecular weight is 406 g/mol. The van der Waals surface area contributed by atoms with Gasteiger partial charge in [-0.15, -0.1) is 0 Å². The molecule has 0 aliphatic carbocycles. The van der Waals surface area contributed by atoms with Crippen molar-refractivity contribution in [3.05, 3.63) is 51.4 Å². The van der Waals surface area contributed by atoms with Gasteiger partial charge in [0.05, 0.1) is 10.9 Å². The number of rotatable bonds is 8. The summed E-state index contributed by atoms with van der Waals surface area (Å²) in [5.74, 6) is 0.597. The van der Waals surface area contributed by atoms with Crippen LogP contribution in [0.4, 0.5) is 5.69 Å². The van der Waals surface area contributed by atoms with Crippen LogP contribution in [0.2, 0.25) is 0 Å². The number of aryl methyl sites for hydroxylation is 2. The lowest BCUT2D eigenvalue weighted by Crippen LogP contribution is -2.25. The zero-order valence-electron chi connectivity index (χ0n) is 16.5. The van der Waals surface area contributed by atoms with E-state index in [1.165, 1.54) is 17.8 Å². The first-order valence-corrected chi connectivity index (χ1v) is 11.0. The molecule has 0 fully saturated rings. The molecule has 0 saturated carbocycles. The maximum atomic E-state index is 12.7. The Hall–Kier alpha value is -1.73. The van der Waals surface area contributed by atoms with Gasteiger partial charge >= 0.3 is 0 Å². The lowest BCUT2D eigenvalue weighted by Gasteiger charge is -2.16. The topological polar surface area (TPSA) is 74.8 Å². The highest BCUT2D eigenvalue weighted by Crippen LogP contribution is 2.25. The van der Waals surface area contributed by atoms with Crippen LogP contribution < -0.4 is 10.9 Å². The molecule has 2 aromatic rings. The van der Waals surface area contributed by atoms with Crippen LogP contribution in [-0.2, 0) is 10.5 Å². The van der Waals surface area contributed by atoms with Gasteiger partial charge < -0.3 is 10.3 Å². The molecule has 1 aromatic carbocycles. The maximum Gasteiger partial charge on any atom is 0.251 e. The zero-order valence-corrected chi connectivity index (χ0v) is 18.1. The van der Waals surface area contributed by atoms with Crippen LogP contribution >= 0.6 is 23.5 Å². The second-order valence-electron chi connectivity index (χ2n) is 6.72. The van der Waals surface area contributed by atoms with Gasteiger partial charge in [-0.2, -0.15) is 11.8 Å². The first-order valence-electron chi connectivity index (χ1n) is 9.05. The SMILES string of the molecule is CCC(Sc1nc(CSC(C)C)cc(=O)[nH]1)C(=O)Nc1ccc(C)cc1C. The van der Waals surface area contributed by atoms with E-state index in [4.69, 9.17) is 0 Å². The van der Waals surface area contributed by atoms with Crippen molar-refractivity contribution < 1.29 is 4.79 Å². The number of hydrogen-bond acceptors (Lipinski definition) is 5. The molecule has 7 heteroatoms. The molecule has 2 rings (SSSR count). The van der Waals surface area contributed by atoms with Crippen LogP contribution in [-0.4, -0.2) is 26.4 Å². The summed E-state index contributed by atoms with van der Waals surface area (Å²) in [4.78, 5) is 31.9. The second-order valence-corrected chi connectivity index (χ2v) is 9.48. The Labute approximate surface area is 169 Å². The molecule has 146 valence electrons. The summed E-state index contributed by atoms with van der Waals surface area (Å²) < 4.78 is 0. The van der Waals surface area contributed by atoms with E-state index >= 15 is 0 Å². The van der Waals surface area contributed by atoms with Gasteiger partial charge in [-0.25, -0.2) is 4.98 Å². The van der Waals surface area contributed by atoms with Crippen LogP contribution in [0.25, 0.3) is 0 Å². The Morgan fingerprint density at radius 3 is 2.63 bits per heavy atom. The van der Waals surface area contributed by atoms with Crippen molar-refractivity contribution in [1.29, 1.82) is 0 Å². The normalized spacial score (nSPS) is 12.2. The molecule has 0 saturated heterocycles. The molecule has 0 aliphatic heterocycles. The molecule has 0 radical (unpaired) electrons. The zero-order chi connectivity index (χ0) is 20.0. The number of anilines is 1. The lowest BCUT2D eigenvalue weighted by molar-refractivity contribution is -0.115. The number of hydrogen-bond donors (Lipinski definition) is 2. The fourth-order valence-electron chi connectivity index (χ4n) is 2.49. The van der Waals surface area contributed by atoms with Gasteiger partial charge in [0.25, 0.3) is 5.56 Å². The van der Waals surface area contributed by atoms with Gasteiger partial charge in [0.1, 0.15) is 0 Å². The van der Waals surface area contributed by atoms with Crippen molar-refractivity contribution in [1.82, 2.24) is 9.97 Å². The quantitative estimate of drug-likeness (QED) is 0.498. The summed E-state index contributed by atoms with van der Waals surface area (Å²) in [5.41, 5.74) is 3.56. The van der Waals surface area contributed by atoms with E-state index in [9.17, 15) is 9.59 Å². The molecular weight excluding hydrogens is 378 g/mol. The molecule has 0 bridgehead atoms. The number of nitrogens with zero attached hydrogens (tertiary/aromatic N) is 1. The van der Waals surface area contributed by atoms with E-state index in [1.807, 2.05) is 39.0 Å². The minimum absolute atomic E-state index is 0.0842. The van der Waals surface area contributed by atoms with Crippen LogP contribution in [0.3, 0.4) is 0 Å². The minimum Gasteiger partial charge on any atom is -0.325 e. The largest absolute Gasteiger partial charge is 0.325 e. The molecule has 0 aliphatic rings. The number of amides is 1. The van der Waals surface area contributed by atoms with E-state index in [-0.39, 0.29) is 16.7 Å². The highest BCUT2D eigenvalue weighted by Gasteiger charge is 2.20. The van der Waals surface area contributed by atoms with Crippen molar-refractivity contribution in [2.75, 3.05) is 5.32 Å². The standard InChI is InChI=1S/C20H27N3O2S2/c1-6-17(19(25)22-16-8-7-13(4)9-14(16)5)27-20-21-15(10-18(24)23-20)11-26-12(2)3/h7-10,12,17H,6,11H2,1-5H3,(H,22,25)(H,21,23,24). The van der Waals surface area contributed by atoms with Crippen molar-refractivity contribution in [3.8, 4) is 0 Å². The molecule has 1 heterocycles. The molecule has 1 unspecified atom stereocenters. The Morgan fingerprint density at radius 1 is 1.26 bits per heavy atom. The number of carbonyl (C=O) groups excluding carboxylic acids is 1. The fraction of sp³-hybridized carbons (Fsp3) is 0.450. The van der Waals surface area contributed by atoms with E-state index in [0.717, 1.165) is 22.5 Å². The Bertz CT molecular complexity index is 849. The third-order valence-electron chi connectivity index (χ3n) is 3.89. The summed E-state index contributed by atoms with van der Waals surface area (Å²) in [6.07, 6.45) is 0.635. The van der Waals surface area contributed by atoms with Gasteiger partial charge in [0, 0.05) is 17.5 Å². The number of thioether (sulfide) groups is 2. The Kier molecular flexibility index (Phi) is 7.98. The van der Waals surface area contributed by atoms with E-state index < -0.39 is 0 Å². The summed E-state index contributed by atoms with van der Waals surface area (Å²) in [7, 11) is 0. The number of aromatic nitrogens is 2. The van der Waals surface area contributed by atoms with Gasteiger partial charge in [-0.3, -0.25) is 9.59 Å². The van der Waals surface area contributed by atoms with Gasteiger partial charge in [0.2, 0.25) is 5.91 Å². The predicted octanol–water partition coefficient (Wildman–Crippen LogP) is 4.54. The number of nitrogens with one attached hydrogen (secondary N) is 2. The minimum atomic E-state index is -0.332. The summed E-state index contributed by atoms with van der Waals surface area (Å²) in [6.45, 7) is 10.2. The van der Waals surface area contributed by atoms with Gasteiger partial charge in [0.15, 0.2) is 5.16 Å². The van der Waals surface area contributed by atoms with Crippen LogP contribution in [0.1, 0.15) is 44.0 Å². The first-order chi connectivity index (χ1) is 12.8. The van der Waals surface area contributed by atoms with Crippen LogP contribution in [0.15, 0.2) is 34.2 Å². The molecule has 1 atom stereocenters. The first kappa shape index (κ1) is 21.6. The van der Waals surface area contributed by atoms with Crippen molar-refractivity contribution in [2.24, 2.45) is 0 Å². The van der Waals surface area contributed by atoms with Gasteiger partial charge in [-0.05, 0) is 37.1 Å². The molecular formula is C20H27N3O2S2. The number of carbonyl (C=O) groups is 1. The predicted molar refractivity (Wildman–Crippen MR) is 116 cm³/mol. The van der Waals surface area contributed by atoms with Crippen molar-refractivity contribution in [2.45, 2.75) is 62.4 Å². The van der Waals surface area contributed by atoms with Gasteiger partial charge in [-0.1, -0.05) is 50.2 Å². The smallest absolute Gasteiger partial charge is 0.251 e. The molecule has 5 nitrogen and oxygen atoms in total. The number of aromatic amines is 1. The molecule has 27 heavy (non-hydrogen) atoms. The molecule has 2 N–H and O–H groups in total. The highest BCUT2D eigenvalue weighted by molar-refractivity contribution is 8.00.